The van der Waals surface area contributed by atoms with Crippen LogP contribution in [0.15, 0.2) is 12.3 Å². The van der Waals surface area contributed by atoms with Crippen molar-refractivity contribution in [2.45, 2.75) is 39.2 Å². The average molecular weight is 239 g/mol. The Morgan fingerprint density at radius 2 is 2.24 bits per heavy atom. The lowest BCUT2D eigenvalue weighted by Crippen LogP contribution is -2.27. The smallest absolute Gasteiger partial charge is 0.0547 e. The molecule has 0 aliphatic carbocycles. The van der Waals surface area contributed by atoms with Crippen molar-refractivity contribution >= 4 is 0 Å². The lowest BCUT2D eigenvalue weighted by Gasteiger charge is -2.20. The van der Waals surface area contributed by atoms with Crippen molar-refractivity contribution in [3.63, 3.8) is 0 Å². The molecule has 2 N–H and O–H groups in total. The van der Waals surface area contributed by atoms with Crippen molar-refractivity contribution in [2.75, 3.05) is 13.2 Å². The van der Waals surface area contributed by atoms with E-state index in [9.17, 15) is 0 Å². The molecule has 1 aromatic rings. The number of aromatic nitrogens is 2. The van der Waals surface area contributed by atoms with Gasteiger partial charge in [-0.05, 0) is 38.3 Å². The van der Waals surface area contributed by atoms with E-state index in [1.54, 1.807) is 0 Å². The van der Waals surface area contributed by atoms with E-state index in [1.165, 1.54) is 18.5 Å². The van der Waals surface area contributed by atoms with E-state index in [-0.39, 0.29) is 6.61 Å². The normalized spacial score (nSPS) is 14.8. The Morgan fingerprint density at radius 3 is 2.76 bits per heavy atom. The van der Waals surface area contributed by atoms with Gasteiger partial charge in [-0.2, -0.15) is 5.10 Å². The summed E-state index contributed by atoms with van der Waals surface area (Å²) in [6.45, 7) is 5.58. The first-order valence-electron chi connectivity index (χ1n) is 6.51. The summed E-state index contributed by atoms with van der Waals surface area (Å²) in [6.07, 6.45) is 5.06. The van der Waals surface area contributed by atoms with Crippen LogP contribution < -0.4 is 5.32 Å². The van der Waals surface area contributed by atoms with Gasteiger partial charge in [0.1, 0.15) is 0 Å². The van der Waals surface area contributed by atoms with Gasteiger partial charge >= 0.3 is 0 Å². The van der Waals surface area contributed by atoms with E-state index in [2.05, 4.69) is 24.3 Å². The van der Waals surface area contributed by atoms with Gasteiger partial charge in [0.15, 0.2) is 0 Å². The molecular formula is C13H25N3O. The van der Waals surface area contributed by atoms with E-state index in [4.69, 9.17) is 5.11 Å². The minimum atomic E-state index is 0.284. The molecule has 0 spiro atoms. The van der Waals surface area contributed by atoms with E-state index in [1.807, 2.05) is 24.0 Å². The molecule has 1 rings (SSSR count). The van der Waals surface area contributed by atoms with Crippen LogP contribution in [0.3, 0.4) is 0 Å². The first-order chi connectivity index (χ1) is 8.19. The second-order valence-corrected chi connectivity index (χ2v) is 4.68. The quantitative estimate of drug-likeness (QED) is 0.728. The van der Waals surface area contributed by atoms with Crippen molar-refractivity contribution in [3.05, 3.63) is 18.0 Å². The molecule has 1 aromatic heterocycles. The molecule has 2 unspecified atom stereocenters. The van der Waals surface area contributed by atoms with Crippen molar-refractivity contribution in [1.29, 1.82) is 0 Å². The highest BCUT2D eigenvalue weighted by Gasteiger charge is 2.12. The Morgan fingerprint density at radius 1 is 1.47 bits per heavy atom. The summed E-state index contributed by atoms with van der Waals surface area (Å²) >= 11 is 0. The molecule has 0 saturated carbocycles. The Kier molecular flexibility index (Phi) is 6.22. The highest BCUT2D eigenvalue weighted by atomic mass is 16.3. The van der Waals surface area contributed by atoms with Crippen molar-refractivity contribution in [1.82, 2.24) is 15.1 Å². The molecule has 0 bridgehead atoms. The lowest BCUT2D eigenvalue weighted by molar-refractivity contribution is 0.245. The van der Waals surface area contributed by atoms with Gasteiger partial charge in [-0.15, -0.1) is 0 Å². The van der Waals surface area contributed by atoms with Crippen molar-refractivity contribution in [3.8, 4) is 0 Å². The van der Waals surface area contributed by atoms with Crippen LogP contribution in [-0.2, 0) is 7.05 Å². The fourth-order valence-corrected chi connectivity index (χ4v) is 2.20. The first kappa shape index (κ1) is 14.2. The minimum Gasteiger partial charge on any atom is -0.396 e. The van der Waals surface area contributed by atoms with Gasteiger partial charge in [0.2, 0.25) is 0 Å². The number of hydrogen-bond donors (Lipinski definition) is 2. The number of aliphatic hydroxyl groups is 1. The standard InChI is InChI=1S/C13H25N3O/c1-4-5-12(7-9-17)10-14-11(2)13-6-8-15-16(13)3/h6,8,11-12,14,17H,4-5,7,9-10H2,1-3H3. The second-order valence-electron chi connectivity index (χ2n) is 4.68. The molecule has 0 aliphatic heterocycles. The van der Waals surface area contributed by atoms with Gasteiger partial charge in [0, 0.05) is 25.9 Å². The summed E-state index contributed by atoms with van der Waals surface area (Å²) in [7, 11) is 1.96. The van der Waals surface area contributed by atoms with Crippen molar-refractivity contribution in [2.24, 2.45) is 13.0 Å². The number of aliphatic hydroxyl groups excluding tert-OH is 1. The minimum absolute atomic E-state index is 0.284. The molecule has 0 saturated heterocycles. The first-order valence-corrected chi connectivity index (χ1v) is 6.51. The summed E-state index contributed by atoms with van der Waals surface area (Å²) in [5, 5.41) is 16.7. The van der Waals surface area contributed by atoms with E-state index in [0.29, 0.717) is 12.0 Å². The molecule has 4 heteroatoms. The molecule has 0 aromatic carbocycles. The molecule has 0 fully saturated rings. The topological polar surface area (TPSA) is 50.1 Å². The van der Waals surface area contributed by atoms with Gasteiger partial charge in [0.05, 0.1) is 5.69 Å². The van der Waals surface area contributed by atoms with Crippen LogP contribution in [0, 0.1) is 5.92 Å². The second kappa shape index (κ2) is 7.45. The third kappa shape index (κ3) is 4.48. The van der Waals surface area contributed by atoms with Crippen LogP contribution in [0.25, 0.3) is 0 Å². The van der Waals surface area contributed by atoms with Crippen LogP contribution in [0.2, 0.25) is 0 Å². The van der Waals surface area contributed by atoms with Gasteiger partial charge in [0.25, 0.3) is 0 Å². The summed E-state index contributed by atoms with van der Waals surface area (Å²) in [5.74, 6) is 0.570. The number of aryl methyl sites for hydroxylation is 1. The molecule has 98 valence electrons. The fourth-order valence-electron chi connectivity index (χ4n) is 2.20. The van der Waals surface area contributed by atoms with Crippen LogP contribution in [0.4, 0.5) is 0 Å². The summed E-state index contributed by atoms with van der Waals surface area (Å²) in [6, 6.07) is 2.35. The van der Waals surface area contributed by atoms with Crippen LogP contribution in [-0.4, -0.2) is 28.0 Å². The maximum atomic E-state index is 9.01. The third-order valence-corrected chi connectivity index (χ3v) is 3.25. The largest absolute Gasteiger partial charge is 0.396 e. The van der Waals surface area contributed by atoms with Gasteiger partial charge in [-0.1, -0.05) is 13.3 Å². The molecule has 0 amide bonds. The van der Waals surface area contributed by atoms with E-state index < -0.39 is 0 Å². The number of nitrogens with one attached hydrogen (secondary N) is 1. The third-order valence-electron chi connectivity index (χ3n) is 3.25. The Labute approximate surface area is 104 Å². The van der Waals surface area contributed by atoms with Crippen LogP contribution >= 0.6 is 0 Å². The van der Waals surface area contributed by atoms with E-state index >= 15 is 0 Å². The van der Waals surface area contributed by atoms with E-state index in [0.717, 1.165) is 13.0 Å². The van der Waals surface area contributed by atoms with Gasteiger partial charge in [-0.3, -0.25) is 4.68 Å². The molecule has 2 atom stereocenters. The van der Waals surface area contributed by atoms with Crippen molar-refractivity contribution < 1.29 is 5.11 Å². The molecule has 0 radical (unpaired) electrons. The average Bonchev–Trinajstić information content (AvgIpc) is 2.72. The van der Waals surface area contributed by atoms with Crippen LogP contribution in [0.5, 0.6) is 0 Å². The highest BCUT2D eigenvalue weighted by Crippen LogP contribution is 2.14. The van der Waals surface area contributed by atoms with Crippen LogP contribution in [0.1, 0.15) is 44.8 Å². The SMILES string of the molecule is CCCC(CCO)CNC(C)c1ccnn1C. The zero-order valence-corrected chi connectivity index (χ0v) is 11.2. The molecule has 17 heavy (non-hydrogen) atoms. The predicted molar refractivity (Wildman–Crippen MR) is 69.7 cm³/mol. The predicted octanol–water partition coefficient (Wildman–Crippen LogP) is 1.87. The number of rotatable bonds is 8. The Balaban J connectivity index is 2.40. The summed E-state index contributed by atoms with van der Waals surface area (Å²) in [4.78, 5) is 0. The lowest BCUT2D eigenvalue weighted by atomic mass is 10.00. The molecular weight excluding hydrogens is 214 g/mol. The zero-order valence-electron chi connectivity index (χ0n) is 11.2. The monoisotopic (exact) mass is 239 g/mol. The number of nitrogens with zero attached hydrogens (tertiary/aromatic N) is 2. The van der Waals surface area contributed by atoms with Gasteiger partial charge < -0.3 is 10.4 Å². The Hall–Kier alpha value is -0.870. The molecule has 0 aliphatic rings. The maximum absolute atomic E-state index is 9.01. The Bertz CT molecular complexity index is 305. The number of hydrogen-bond acceptors (Lipinski definition) is 3. The molecule has 4 nitrogen and oxygen atoms in total. The zero-order chi connectivity index (χ0) is 12.7. The maximum Gasteiger partial charge on any atom is 0.0547 e. The van der Waals surface area contributed by atoms with Gasteiger partial charge in [-0.25, -0.2) is 0 Å². The summed E-state index contributed by atoms with van der Waals surface area (Å²) in [5.41, 5.74) is 1.20. The molecule has 1 heterocycles. The summed E-state index contributed by atoms with van der Waals surface area (Å²) < 4.78 is 1.90. The fraction of sp³-hybridized carbons (Fsp3) is 0.769. The highest BCUT2D eigenvalue weighted by molar-refractivity contribution is 5.05.